The monoisotopic (exact) mass is 508 g/mol. The second kappa shape index (κ2) is 10.2. The van der Waals surface area contributed by atoms with Gasteiger partial charge >= 0.3 is 18.1 Å². The first-order valence-corrected chi connectivity index (χ1v) is 12.1. The minimum absolute atomic E-state index is 0.0570. The number of benzene rings is 2. The number of ether oxygens (including phenoxy) is 3. The highest BCUT2D eigenvalue weighted by atomic mass is 16.6. The Morgan fingerprint density at radius 3 is 2.03 bits per heavy atom. The lowest BCUT2D eigenvalue weighted by molar-refractivity contribution is 0.0362. The van der Waals surface area contributed by atoms with E-state index >= 15 is 0 Å². The van der Waals surface area contributed by atoms with Gasteiger partial charge in [-0.25, -0.2) is 9.59 Å². The predicted octanol–water partition coefficient (Wildman–Crippen LogP) is 5.93. The Bertz CT molecular complexity index is 1230. The molecule has 1 amide bonds. The first-order chi connectivity index (χ1) is 17.4. The number of carbonyl (C=O) groups is 2. The van der Waals surface area contributed by atoms with Crippen LogP contribution in [-0.2, 0) is 10.2 Å². The molecular weight excluding hydrogens is 476 g/mol. The molecule has 1 aromatic heterocycles. The van der Waals surface area contributed by atoms with Crippen molar-refractivity contribution in [2.24, 2.45) is 0 Å². The summed E-state index contributed by atoms with van der Waals surface area (Å²) in [5, 5.41) is 11.8. The van der Waals surface area contributed by atoms with Crippen LogP contribution in [0.5, 0.6) is 17.6 Å². The quantitative estimate of drug-likeness (QED) is 0.384. The molecule has 1 saturated carbocycles. The SMILES string of the molecule is CC(C)(C)OC(=O)N[C@H]1C[C@H](Oc2ccc(C(C)(C)c3ccc(Oc4ncc(C(=O)O)o4)cc3)cc2)C1. The summed E-state index contributed by atoms with van der Waals surface area (Å²) in [4.78, 5) is 26.6. The van der Waals surface area contributed by atoms with Crippen molar-refractivity contribution in [3.05, 3.63) is 71.6 Å². The van der Waals surface area contributed by atoms with Gasteiger partial charge in [-0.3, -0.25) is 0 Å². The second-order valence-corrected chi connectivity index (χ2v) is 10.6. The van der Waals surface area contributed by atoms with Gasteiger partial charge in [0.05, 0.1) is 6.20 Å². The molecule has 1 aliphatic rings. The molecule has 0 aliphatic heterocycles. The lowest BCUT2D eigenvalue weighted by Gasteiger charge is -2.36. The van der Waals surface area contributed by atoms with Crippen LogP contribution in [0.25, 0.3) is 0 Å². The molecule has 0 saturated heterocycles. The number of nitrogens with zero attached hydrogens (tertiary/aromatic N) is 1. The maximum Gasteiger partial charge on any atom is 0.407 e. The van der Waals surface area contributed by atoms with Crippen LogP contribution in [0.15, 0.2) is 59.1 Å². The highest BCUT2D eigenvalue weighted by molar-refractivity contribution is 5.83. The number of hydrogen-bond donors (Lipinski definition) is 2. The fraction of sp³-hybridized carbons (Fsp3) is 0.393. The summed E-state index contributed by atoms with van der Waals surface area (Å²) >= 11 is 0. The molecule has 2 aromatic carbocycles. The van der Waals surface area contributed by atoms with E-state index in [0.29, 0.717) is 5.75 Å². The van der Waals surface area contributed by atoms with Gasteiger partial charge in [-0.1, -0.05) is 38.1 Å². The molecule has 0 radical (unpaired) electrons. The molecule has 1 fully saturated rings. The molecule has 0 spiro atoms. The number of carboxylic acids is 1. The van der Waals surface area contributed by atoms with Gasteiger partial charge in [-0.2, -0.15) is 4.98 Å². The van der Waals surface area contributed by atoms with Crippen molar-refractivity contribution in [2.45, 2.75) is 70.6 Å². The van der Waals surface area contributed by atoms with Crippen molar-refractivity contribution in [2.75, 3.05) is 0 Å². The molecule has 0 unspecified atom stereocenters. The molecule has 0 bridgehead atoms. The third-order valence-electron chi connectivity index (χ3n) is 6.17. The van der Waals surface area contributed by atoms with Crippen LogP contribution < -0.4 is 14.8 Å². The number of amides is 1. The minimum atomic E-state index is -1.21. The summed E-state index contributed by atoms with van der Waals surface area (Å²) in [5.74, 6) is -0.213. The van der Waals surface area contributed by atoms with Crippen LogP contribution in [0.4, 0.5) is 4.79 Å². The fourth-order valence-electron chi connectivity index (χ4n) is 4.01. The van der Waals surface area contributed by atoms with Gasteiger partial charge in [0.1, 0.15) is 23.2 Å². The van der Waals surface area contributed by atoms with Crippen molar-refractivity contribution in [1.82, 2.24) is 10.3 Å². The predicted molar refractivity (Wildman–Crippen MR) is 135 cm³/mol. The largest absolute Gasteiger partial charge is 0.490 e. The Kier molecular flexibility index (Phi) is 7.16. The van der Waals surface area contributed by atoms with E-state index in [2.05, 4.69) is 36.3 Å². The van der Waals surface area contributed by atoms with E-state index in [1.807, 2.05) is 45.0 Å². The highest BCUT2D eigenvalue weighted by Crippen LogP contribution is 2.35. The third-order valence-corrected chi connectivity index (χ3v) is 6.17. The van der Waals surface area contributed by atoms with Gasteiger partial charge in [-0.15, -0.1) is 0 Å². The number of aromatic carboxylic acids is 1. The first kappa shape index (κ1) is 26.1. The van der Waals surface area contributed by atoms with Crippen molar-refractivity contribution in [1.29, 1.82) is 0 Å². The normalized spacial score (nSPS) is 17.4. The number of hydrogen-bond acceptors (Lipinski definition) is 7. The maximum atomic E-state index is 11.9. The summed E-state index contributed by atoms with van der Waals surface area (Å²) in [5.41, 5.74) is 1.39. The van der Waals surface area contributed by atoms with Crippen LogP contribution in [0.3, 0.4) is 0 Å². The van der Waals surface area contributed by atoms with Crippen LogP contribution in [-0.4, -0.2) is 39.9 Å². The van der Waals surface area contributed by atoms with Crippen molar-refractivity contribution >= 4 is 12.1 Å². The standard InChI is InChI=1S/C28H32N2O7/c1-27(2,3)37-25(33)30-19-14-22(15-19)34-20-10-6-17(7-11-20)28(4,5)18-8-12-21(13-9-18)35-26-29-16-23(36-26)24(31)32/h6-13,16,19,22H,14-15H2,1-5H3,(H,30,33)(H,31,32)/t19-,22-. The summed E-state index contributed by atoms with van der Waals surface area (Å²) in [7, 11) is 0. The highest BCUT2D eigenvalue weighted by Gasteiger charge is 2.33. The van der Waals surface area contributed by atoms with E-state index in [-0.39, 0.29) is 29.4 Å². The topological polar surface area (TPSA) is 120 Å². The number of alkyl carbamates (subject to hydrolysis) is 1. The molecular formula is C28H32N2O7. The van der Waals surface area contributed by atoms with Gasteiger partial charge in [0.15, 0.2) is 0 Å². The summed E-state index contributed by atoms with van der Waals surface area (Å²) in [6, 6.07) is 15.6. The summed E-state index contributed by atoms with van der Waals surface area (Å²) in [6.45, 7) is 9.78. The van der Waals surface area contributed by atoms with Crippen LogP contribution in [0.1, 0.15) is 69.1 Å². The van der Waals surface area contributed by atoms with Gasteiger partial charge < -0.3 is 29.1 Å². The Morgan fingerprint density at radius 1 is 0.946 bits per heavy atom. The fourth-order valence-corrected chi connectivity index (χ4v) is 4.01. The third kappa shape index (κ3) is 6.61. The maximum absolute atomic E-state index is 11.9. The average Bonchev–Trinajstić information content (AvgIpc) is 3.26. The Labute approximate surface area is 215 Å². The lowest BCUT2D eigenvalue weighted by atomic mass is 9.78. The van der Waals surface area contributed by atoms with E-state index in [1.54, 1.807) is 12.1 Å². The molecule has 3 aromatic rings. The zero-order chi connectivity index (χ0) is 26.8. The van der Waals surface area contributed by atoms with E-state index in [4.69, 9.17) is 23.7 Å². The smallest absolute Gasteiger partial charge is 0.407 e. The number of carboxylic acid groups (broad SMARTS) is 1. The number of aromatic nitrogens is 1. The second-order valence-electron chi connectivity index (χ2n) is 10.6. The number of nitrogens with one attached hydrogen (secondary N) is 1. The zero-order valence-electron chi connectivity index (χ0n) is 21.6. The zero-order valence-corrected chi connectivity index (χ0v) is 21.6. The summed E-state index contributed by atoms with van der Waals surface area (Å²) < 4.78 is 21.9. The molecule has 196 valence electrons. The van der Waals surface area contributed by atoms with Gasteiger partial charge in [-0.05, 0) is 56.2 Å². The van der Waals surface area contributed by atoms with Gasteiger partial charge in [0, 0.05) is 24.3 Å². The average molecular weight is 509 g/mol. The van der Waals surface area contributed by atoms with Gasteiger partial charge in [0.25, 0.3) is 0 Å². The lowest BCUT2D eigenvalue weighted by Crippen LogP contribution is -2.50. The van der Waals surface area contributed by atoms with Crippen molar-refractivity contribution in [3.63, 3.8) is 0 Å². The first-order valence-electron chi connectivity index (χ1n) is 12.1. The van der Waals surface area contributed by atoms with Crippen molar-refractivity contribution in [3.8, 4) is 17.6 Å². The Hall–Kier alpha value is -4.01. The molecule has 37 heavy (non-hydrogen) atoms. The number of carbonyl (C=O) groups excluding carboxylic acids is 1. The van der Waals surface area contributed by atoms with Crippen molar-refractivity contribution < 1.29 is 33.3 Å². The molecule has 0 atom stereocenters. The van der Waals surface area contributed by atoms with Crippen LogP contribution >= 0.6 is 0 Å². The molecule has 9 nitrogen and oxygen atoms in total. The number of oxazole rings is 1. The van der Waals surface area contributed by atoms with E-state index < -0.39 is 17.7 Å². The number of rotatable bonds is 8. The van der Waals surface area contributed by atoms with E-state index in [9.17, 15) is 9.59 Å². The van der Waals surface area contributed by atoms with E-state index in [1.165, 1.54) is 0 Å². The molecule has 1 aliphatic carbocycles. The van der Waals surface area contributed by atoms with Gasteiger partial charge in [0.2, 0.25) is 5.76 Å². The molecule has 4 rings (SSSR count). The molecule has 1 heterocycles. The minimum Gasteiger partial charge on any atom is -0.490 e. The Balaban J connectivity index is 1.30. The molecule has 2 N–H and O–H groups in total. The van der Waals surface area contributed by atoms with E-state index in [0.717, 1.165) is 35.9 Å². The Morgan fingerprint density at radius 2 is 1.51 bits per heavy atom. The summed E-state index contributed by atoms with van der Waals surface area (Å²) in [6.07, 6.45) is 2.12. The molecule has 9 heteroatoms. The van der Waals surface area contributed by atoms with Crippen LogP contribution in [0, 0.1) is 0 Å². The van der Waals surface area contributed by atoms with Crippen LogP contribution in [0.2, 0.25) is 0 Å².